The van der Waals surface area contributed by atoms with Crippen molar-refractivity contribution in [2.75, 3.05) is 18.8 Å². The van der Waals surface area contributed by atoms with E-state index in [0.29, 0.717) is 11.1 Å². The van der Waals surface area contributed by atoms with E-state index in [4.69, 9.17) is 10.00 Å². The molecule has 2 aliphatic heterocycles. The quantitative estimate of drug-likeness (QED) is 0.851. The molecule has 4 rings (SSSR count). The maximum Gasteiger partial charge on any atom is 0.253 e. The highest BCUT2D eigenvalue weighted by atomic mass is 32.2. The van der Waals surface area contributed by atoms with E-state index in [1.807, 2.05) is 28.8 Å². The minimum Gasteiger partial charge on any atom is -0.488 e. The van der Waals surface area contributed by atoms with Crippen LogP contribution in [0.2, 0.25) is 0 Å². The minimum absolute atomic E-state index is 0.0000438. The Morgan fingerprint density at radius 3 is 3.00 bits per heavy atom. The van der Waals surface area contributed by atoms with Crippen molar-refractivity contribution < 1.29 is 9.53 Å². The Hall–Kier alpha value is -2.52. The Morgan fingerprint density at radius 2 is 2.24 bits per heavy atom. The van der Waals surface area contributed by atoms with E-state index >= 15 is 0 Å². The van der Waals surface area contributed by atoms with E-state index in [9.17, 15) is 4.79 Å². The zero-order valence-corrected chi connectivity index (χ0v) is 14.4. The molecule has 2 fully saturated rings. The molecule has 1 amide bonds. The number of aromatic nitrogens is 1. The van der Waals surface area contributed by atoms with Gasteiger partial charge in [-0.1, -0.05) is 6.07 Å². The molecule has 2 aliphatic rings. The van der Waals surface area contributed by atoms with Crippen LogP contribution in [0.4, 0.5) is 0 Å². The fourth-order valence-corrected chi connectivity index (χ4v) is 4.93. The van der Waals surface area contributed by atoms with E-state index in [2.05, 4.69) is 11.1 Å². The van der Waals surface area contributed by atoms with Crippen LogP contribution in [0.3, 0.4) is 0 Å². The number of benzene rings is 1. The van der Waals surface area contributed by atoms with Crippen LogP contribution >= 0.6 is 11.8 Å². The largest absolute Gasteiger partial charge is 0.488 e. The van der Waals surface area contributed by atoms with Gasteiger partial charge in [-0.3, -0.25) is 9.78 Å². The van der Waals surface area contributed by atoms with Gasteiger partial charge in [0.25, 0.3) is 5.91 Å². The predicted octanol–water partition coefficient (Wildman–Crippen LogP) is 2.73. The van der Waals surface area contributed by atoms with Crippen LogP contribution in [0.5, 0.6) is 5.75 Å². The molecule has 1 aromatic carbocycles. The zero-order valence-electron chi connectivity index (χ0n) is 13.6. The summed E-state index contributed by atoms with van der Waals surface area (Å²) in [7, 11) is 0. The highest BCUT2D eigenvalue weighted by Crippen LogP contribution is 2.46. The normalized spacial score (nSPS) is 20.8. The Balaban J connectivity index is 1.35. The van der Waals surface area contributed by atoms with Crippen molar-refractivity contribution in [3.05, 3.63) is 59.9 Å². The maximum atomic E-state index is 12.6. The molecule has 1 spiro atoms. The number of nitrogens with zero attached hydrogens (tertiary/aromatic N) is 3. The second-order valence-electron chi connectivity index (χ2n) is 6.48. The number of likely N-dealkylation sites (tertiary alicyclic amines) is 1. The smallest absolute Gasteiger partial charge is 0.253 e. The van der Waals surface area contributed by atoms with E-state index in [1.54, 1.807) is 36.7 Å². The van der Waals surface area contributed by atoms with Crippen molar-refractivity contribution in [3.8, 4) is 11.8 Å². The van der Waals surface area contributed by atoms with Gasteiger partial charge in [0, 0.05) is 37.0 Å². The van der Waals surface area contributed by atoms with Crippen LogP contribution in [-0.4, -0.2) is 45.5 Å². The average molecular weight is 351 g/mol. The van der Waals surface area contributed by atoms with Crippen LogP contribution in [0.15, 0.2) is 48.8 Å². The van der Waals surface area contributed by atoms with E-state index in [1.165, 1.54) is 0 Å². The molecular formula is C19H17N3O2S. The second kappa shape index (κ2) is 6.41. The topological polar surface area (TPSA) is 66.2 Å². The van der Waals surface area contributed by atoms with Crippen LogP contribution in [-0.2, 0) is 0 Å². The Morgan fingerprint density at radius 1 is 1.36 bits per heavy atom. The first-order valence-corrected chi connectivity index (χ1v) is 9.16. The van der Waals surface area contributed by atoms with Gasteiger partial charge in [-0.15, -0.1) is 11.8 Å². The standard InChI is InChI=1S/C19H17N3O2S/c20-9-14-3-1-4-15(7-14)18(23)22-12-19(13-22)8-17(11-25-19)24-16-5-2-6-21-10-16/h1-7,10,17H,8,11-13H2/t17-/m1/s1. The molecule has 5 nitrogen and oxygen atoms in total. The molecule has 2 saturated heterocycles. The third kappa shape index (κ3) is 3.20. The Kier molecular flexibility index (Phi) is 4.10. The Bertz CT molecular complexity index is 828. The van der Waals surface area contributed by atoms with Crippen LogP contribution in [0.1, 0.15) is 22.3 Å². The number of hydrogen-bond donors (Lipinski definition) is 0. The van der Waals surface area contributed by atoms with Gasteiger partial charge in [0.2, 0.25) is 0 Å². The van der Waals surface area contributed by atoms with Gasteiger partial charge in [-0.05, 0) is 30.3 Å². The van der Waals surface area contributed by atoms with Crippen LogP contribution < -0.4 is 4.74 Å². The molecule has 6 heteroatoms. The number of thioether (sulfide) groups is 1. The number of amides is 1. The van der Waals surface area contributed by atoms with Gasteiger partial charge in [-0.2, -0.15) is 5.26 Å². The van der Waals surface area contributed by atoms with Crippen molar-refractivity contribution in [1.82, 2.24) is 9.88 Å². The van der Waals surface area contributed by atoms with E-state index in [-0.39, 0.29) is 16.8 Å². The van der Waals surface area contributed by atoms with Gasteiger partial charge in [0.1, 0.15) is 11.9 Å². The molecule has 0 N–H and O–H groups in total. The number of pyridine rings is 1. The molecule has 0 unspecified atom stereocenters. The lowest BCUT2D eigenvalue weighted by molar-refractivity contribution is 0.0518. The number of carbonyl (C=O) groups excluding carboxylic acids is 1. The molecule has 25 heavy (non-hydrogen) atoms. The number of rotatable bonds is 3. The average Bonchev–Trinajstić information content (AvgIpc) is 3.05. The lowest BCUT2D eigenvalue weighted by Crippen LogP contribution is -2.60. The molecule has 0 radical (unpaired) electrons. The first kappa shape index (κ1) is 16.0. The second-order valence-corrected chi connectivity index (χ2v) is 7.97. The summed E-state index contributed by atoms with van der Waals surface area (Å²) in [5.41, 5.74) is 1.10. The third-order valence-electron chi connectivity index (χ3n) is 4.60. The summed E-state index contributed by atoms with van der Waals surface area (Å²) in [5, 5.41) is 8.97. The maximum absolute atomic E-state index is 12.6. The summed E-state index contributed by atoms with van der Waals surface area (Å²) in [6.45, 7) is 1.47. The highest BCUT2D eigenvalue weighted by Gasteiger charge is 2.51. The van der Waals surface area contributed by atoms with E-state index in [0.717, 1.165) is 31.0 Å². The summed E-state index contributed by atoms with van der Waals surface area (Å²) in [4.78, 5) is 18.5. The van der Waals surface area contributed by atoms with Crippen LogP contribution in [0, 0.1) is 11.3 Å². The number of nitriles is 1. The van der Waals surface area contributed by atoms with Crippen LogP contribution in [0.25, 0.3) is 0 Å². The molecule has 0 aliphatic carbocycles. The molecule has 2 aromatic rings. The van der Waals surface area contributed by atoms with E-state index < -0.39 is 0 Å². The summed E-state index contributed by atoms with van der Waals surface area (Å²) in [6, 6.07) is 12.8. The van der Waals surface area contributed by atoms with Crippen molar-refractivity contribution in [2.45, 2.75) is 17.3 Å². The van der Waals surface area contributed by atoms with Gasteiger partial charge in [0.15, 0.2) is 0 Å². The lowest BCUT2D eigenvalue weighted by atomic mass is 9.92. The SMILES string of the molecule is N#Cc1cccc(C(=O)N2CC3(C[C@@H](Oc4cccnc4)CS3)C2)c1. The fourth-order valence-electron chi connectivity index (χ4n) is 3.41. The first-order chi connectivity index (χ1) is 12.2. The molecule has 126 valence electrons. The van der Waals surface area contributed by atoms with Crippen molar-refractivity contribution in [1.29, 1.82) is 5.26 Å². The predicted molar refractivity (Wildman–Crippen MR) is 95.5 cm³/mol. The first-order valence-electron chi connectivity index (χ1n) is 8.18. The number of ether oxygens (including phenoxy) is 1. The molecule has 1 aromatic heterocycles. The summed E-state index contributed by atoms with van der Waals surface area (Å²) in [6.07, 6.45) is 4.56. The lowest BCUT2D eigenvalue weighted by Gasteiger charge is -2.47. The van der Waals surface area contributed by atoms with Crippen molar-refractivity contribution >= 4 is 17.7 Å². The Labute approximate surface area is 150 Å². The van der Waals surface area contributed by atoms with Gasteiger partial charge in [0.05, 0.1) is 22.6 Å². The summed E-state index contributed by atoms with van der Waals surface area (Å²) < 4.78 is 6.10. The molecule has 0 saturated carbocycles. The highest BCUT2D eigenvalue weighted by molar-refractivity contribution is 8.01. The zero-order chi connectivity index (χ0) is 17.3. The fraction of sp³-hybridized carbons (Fsp3) is 0.316. The number of carbonyl (C=O) groups is 1. The van der Waals surface area contributed by atoms with Gasteiger partial charge >= 0.3 is 0 Å². The van der Waals surface area contributed by atoms with Crippen molar-refractivity contribution in [3.63, 3.8) is 0 Å². The minimum atomic E-state index is -0.0000438. The molecular weight excluding hydrogens is 334 g/mol. The summed E-state index contributed by atoms with van der Waals surface area (Å²) in [5.74, 6) is 1.73. The van der Waals surface area contributed by atoms with Gasteiger partial charge in [-0.25, -0.2) is 0 Å². The molecule has 3 heterocycles. The third-order valence-corrected chi connectivity index (χ3v) is 6.17. The summed E-state index contributed by atoms with van der Waals surface area (Å²) >= 11 is 1.89. The molecule has 1 atom stereocenters. The van der Waals surface area contributed by atoms with Crippen molar-refractivity contribution in [2.24, 2.45) is 0 Å². The number of hydrogen-bond acceptors (Lipinski definition) is 5. The molecule has 0 bridgehead atoms. The monoisotopic (exact) mass is 351 g/mol. The van der Waals surface area contributed by atoms with Gasteiger partial charge < -0.3 is 9.64 Å².